The van der Waals surface area contributed by atoms with Gasteiger partial charge in [-0.1, -0.05) is 58.3 Å². The number of hydrogen-bond acceptors (Lipinski definition) is 8. The Morgan fingerprint density at radius 1 is 0.700 bits per heavy atom. The fraction of sp³-hybridized carbons (Fsp3) is 0.800. The van der Waals surface area contributed by atoms with Crippen LogP contribution in [0.2, 0.25) is 0 Å². The third kappa shape index (κ3) is 95.0. The summed E-state index contributed by atoms with van der Waals surface area (Å²) in [6.07, 6.45) is 12.3. The van der Waals surface area contributed by atoms with E-state index in [2.05, 4.69) is 12.2 Å². The van der Waals surface area contributed by atoms with Crippen molar-refractivity contribution < 1.29 is 51.6 Å². The topological polar surface area (TPSA) is 176 Å². The second-order valence-electron chi connectivity index (χ2n) is 6.19. The SMILES string of the molecule is CC(=O)[O-].CC(=O)[O-].CC(=O)[O-].CCCCCCCCCCCC(=O)NCCN.[Mn+3]. The van der Waals surface area contributed by atoms with E-state index in [9.17, 15) is 4.79 Å². The largest absolute Gasteiger partial charge is 3.00 e. The summed E-state index contributed by atoms with van der Waals surface area (Å²) in [6.45, 7) is 6.30. The number of rotatable bonds is 12. The summed E-state index contributed by atoms with van der Waals surface area (Å²) >= 11 is 0. The zero-order valence-corrected chi connectivity index (χ0v) is 20.0. The van der Waals surface area contributed by atoms with Gasteiger partial charge in [-0.15, -0.1) is 0 Å². The van der Waals surface area contributed by atoms with Crippen LogP contribution in [0.5, 0.6) is 0 Å². The van der Waals surface area contributed by atoms with Crippen LogP contribution in [0.3, 0.4) is 0 Å². The molecule has 0 aliphatic rings. The Hall–Kier alpha value is -1.64. The van der Waals surface area contributed by atoms with Crippen LogP contribution >= 0.6 is 0 Å². The maximum atomic E-state index is 11.2. The van der Waals surface area contributed by atoms with Gasteiger partial charge in [-0.25, -0.2) is 0 Å². The molecule has 0 bridgehead atoms. The van der Waals surface area contributed by atoms with Crippen LogP contribution in [0.15, 0.2) is 0 Å². The average Bonchev–Trinajstić information content (AvgIpc) is 2.57. The van der Waals surface area contributed by atoms with Gasteiger partial charge in [0.1, 0.15) is 0 Å². The monoisotopic (exact) mass is 474 g/mol. The Bertz CT molecular complexity index is 368. The zero-order valence-electron chi connectivity index (χ0n) is 18.8. The standard InChI is InChI=1S/C14H30N2O.3C2H4O2.Mn/c1-2-3-4-5-6-7-8-9-10-11-14(17)16-13-12-15;3*1-2(3)4;/h2-13,15H2,1H3,(H,16,17);3*1H3,(H,3,4);/q;;;;+3/p-3. The van der Waals surface area contributed by atoms with Gasteiger partial charge in [-0.2, -0.15) is 0 Å². The van der Waals surface area contributed by atoms with E-state index < -0.39 is 17.9 Å². The van der Waals surface area contributed by atoms with Crippen molar-refractivity contribution in [3.05, 3.63) is 0 Å². The van der Waals surface area contributed by atoms with Crippen LogP contribution < -0.4 is 26.4 Å². The van der Waals surface area contributed by atoms with Gasteiger partial charge in [0.25, 0.3) is 0 Å². The molecule has 0 atom stereocenters. The molecule has 10 heteroatoms. The van der Waals surface area contributed by atoms with Gasteiger partial charge in [0, 0.05) is 37.4 Å². The van der Waals surface area contributed by atoms with Gasteiger partial charge in [-0.05, 0) is 27.2 Å². The first-order valence-electron chi connectivity index (χ1n) is 10.0. The number of nitrogens with two attached hydrogens (primary N) is 1. The van der Waals surface area contributed by atoms with Crippen molar-refractivity contribution in [2.75, 3.05) is 13.1 Å². The van der Waals surface area contributed by atoms with Gasteiger partial charge < -0.3 is 40.8 Å². The maximum absolute atomic E-state index is 11.2. The molecule has 0 rings (SSSR count). The molecular formula is C20H39MnN2O7. The Morgan fingerprint density at radius 2 is 1.00 bits per heavy atom. The summed E-state index contributed by atoms with van der Waals surface area (Å²) in [6, 6.07) is 0. The van der Waals surface area contributed by atoms with Gasteiger partial charge in [0.15, 0.2) is 0 Å². The van der Waals surface area contributed by atoms with Gasteiger partial charge in [0.2, 0.25) is 5.91 Å². The van der Waals surface area contributed by atoms with E-state index in [1.54, 1.807) is 0 Å². The molecule has 30 heavy (non-hydrogen) atoms. The van der Waals surface area contributed by atoms with Crippen LogP contribution in [-0.4, -0.2) is 36.9 Å². The van der Waals surface area contributed by atoms with Crippen LogP contribution in [0.4, 0.5) is 0 Å². The molecule has 3 N–H and O–H groups in total. The number of carboxylic acids is 3. The summed E-state index contributed by atoms with van der Waals surface area (Å²) in [4.78, 5) is 37.9. The molecule has 0 aliphatic heterocycles. The molecule has 9 nitrogen and oxygen atoms in total. The van der Waals surface area contributed by atoms with Crippen molar-refractivity contribution in [2.45, 2.75) is 91.9 Å². The third-order valence-corrected chi connectivity index (χ3v) is 2.97. The Morgan fingerprint density at radius 3 is 1.30 bits per heavy atom. The molecule has 0 aromatic rings. The minimum atomic E-state index is -1.08. The van der Waals surface area contributed by atoms with Crippen LogP contribution in [0.1, 0.15) is 91.9 Å². The number of carbonyl (C=O) groups excluding carboxylic acids is 4. The molecule has 0 heterocycles. The fourth-order valence-corrected chi connectivity index (χ4v) is 1.90. The summed E-state index contributed by atoms with van der Waals surface area (Å²) in [7, 11) is 0. The second kappa shape index (κ2) is 34.8. The number of hydrogen-bond donors (Lipinski definition) is 2. The van der Waals surface area contributed by atoms with Crippen molar-refractivity contribution in [2.24, 2.45) is 5.73 Å². The number of carboxylic acid groups (broad SMARTS) is 3. The molecule has 0 saturated heterocycles. The summed E-state index contributed by atoms with van der Waals surface area (Å²) < 4.78 is 0. The zero-order chi connectivity index (χ0) is 23.5. The molecule has 0 aromatic carbocycles. The molecule has 0 radical (unpaired) electrons. The number of aliphatic carboxylic acids is 3. The summed E-state index contributed by atoms with van der Waals surface area (Å²) in [5.74, 6) is -3.10. The Balaban J connectivity index is -0.000000131. The average molecular weight is 474 g/mol. The minimum absolute atomic E-state index is 0. The molecule has 0 fully saturated rings. The molecule has 178 valence electrons. The van der Waals surface area contributed by atoms with Crippen LogP contribution in [0, 0.1) is 0 Å². The number of unbranched alkanes of at least 4 members (excludes halogenated alkanes) is 8. The van der Waals surface area contributed by atoms with Crippen molar-refractivity contribution in [1.82, 2.24) is 5.32 Å². The van der Waals surface area contributed by atoms with Gasteiger partial charge in [-0.3, -0.25) is 4.79 Å². The third-order valence-electron chi connectivity index (χ3n) is 2.97. The molecule has 0 aliphatic carbocycles. The number of nitrogens with one attached hydrogen (secondary N) is 1. The van der Waals surface area contributed by atoms with E-state index in [1.807, 2.05) is 0 Å². The van der Waals surface area contributed by atoms with E-state index in [0.29, 0.717) is 19.5 Å². The van der Waals surface area contributed by atoms with Crippen molar-refractivity contribution in [3.63, 3.8) is 0 Å². The van der Waals surface area contributed by atoms with Crippen molar-refractivity contribution in [3.8, 4) is 0 Å². The molecule has 1 amide bonds. The van der Waals surface area contributed by atoms with Crippen molar-refractivity contribution in [1.29, 1.82) is 0 Å². The smallest absolute Gasteiger partial charge is 0.550 e. The summed E-state index contributed by atoms with van der Waals surface area (Å²) in [5.41, 5.74) is 5.31. The van der Waals surface area contributed by atoms with E-state index >= 15 is 0 Å². The number of carbonyl (C=O) groups is 4. The second-order valence-corrected chi connectivity index (χ2v) is 6.19. The number of amides is 1. The minimum Gasteiger partial charge on any atom is -0.550 e. The first-order valence-corrected chi connectivity index (χ1v) is 10.0. The first kappa shape index (κ1) is 38.9. The Labute approximate surface area is 191 Å². The normalized spacial score (nSPS) is 8.43. The van der Waals surface area contributed by atoms with Crippen LogP contribution in [-0.2, 0) is 36.2 Å². The first-order chi connectivity index (χ1) is 13.5. The van der Waals surface area contributed by atoms with E-state index in [0.717, 1.165) is 27.2 Å². The molecule has 0 aromatic heterocycles. The predicted molar refractivity (Wildman–Crippen MR) is 106 cm³/mol. The predicted octanol–water partition coefficient (Wildman–Crippen LogP) is -0.752. The van der Waals surface area contributed by atoms with Crippen molar-refractivity contribution >= 4 is 23.8 Å². The maximum Gasteiger partial charge on any atom is 3.00 e. The van der Waals surface area contributed by atoms with Gasteiger partial charge >= 0.3 is 17.1 Å². The van der Waals surface area contributed by atoms with E-state index in [-0.39, 0.29) is 23.0 Å². The van der Waals surface area contributed by atoms with Gasteiger partial charge in [0.05, 0.1) is 0 Å². The van der Waals surface area contributed by atoms with Crippen LogP contribution in [0.25, 0.3) is 0 Å². The molecule has 0 spiro atoms. The van der Waals surface area contributed by atoms with E-state index in [4.69, 9.17) is 35.4 Å². The quantitative estimate of drug-likeness (QED) is 0.274. The van der Waals surface area contributed by atoms with E-state index in [1.165, 1.54) is 51.4 Å². The molecular weight excluding hydrogens is 435 g/mol. The Kier molecular flexibility index (Phi) is 45.2. The molecule has 0 saturated carbocycles. The molecule has 0 unspecified atom stereocenters. The fourth-order valence-electron chi connectivity index (χ4n) is 1.90. The summed E-state index contributed by atoms with van der Waals surface area (Å²) in [5, 5.41) is 29.5.